The number of hydrogen-bond donors (Lipinski definition) is 0. The van der Waals surface area contributed by atoms with Crippen molar-refractivity contribution < 1.29 is 0 Å². The minimum absolute atomic E-state index is 1.13. The fourth-order valence-corrected chi connectivity index (χ4v) is 4.07. The summed E-state index contributed by atoms with van der Waals surface area (Å²) in [6, 6.07) is 18.9. The molecule has 0 aliphatic heterocycles. The van der Waals surface area contributed by atoms with Crippen LogP contribution in [0.4, 0.5) is 0 Å². The fraction of sp³-hybridized carbons (Fsp3) is 0. The molecule has 19 heavy (non-hydrogen) atoms. The highest BCUT2D eigenvalue weighted by Gasteiger charge is 2.08. The lowest BCUT2D eigenvalue weighted by atomic mass is 10.1. The first kappa shape index (κ1) is 13.1. The lowest BCUT2D eigenvalue weighted by molar-refractivity contribution is 1.61. The Labute approximate surface area is 133 Å². The molecule has 3 aromatic rings. The quantitative estimate of drug-likeness (QED) is 0.459. The summed E-state index contributed by atoms with van der Waals surface area (Å²) in [5.74, 6) is 0. The van der Waals surface area contributed by atoms with E-state index in [1.54, 1.807) is 11.3 Å². The van der Waals surface area contributed by atoms with E-state index in [0.29, 0.717) is 0 Å². The van der Waals surface area contributed by atoms with Crippen LogP contribution in [-0.2, 0) is 0 Å². The Morgan fingerprint density at radius 3 is 1.95 bits per heavy atom. The number of hydrogen-bond acceptors (Lipinski definition) is 1. The molecule has 0 aliphatic carbocycles. The average molecular weight is 394 g/mol. The molecule has 1 aromatic heterocycles. The fourth-order valence-electron chi connectivity index (χ4n) is 1.98. The third kappa shape index (κ3) is 2.69. The third-order valence-corrected chi connectivity index (χ3v) is 5.27. The topological polar surface area (TPSA) is 0 Å². The molecular formula is C16H10Br2S. The molecule has 0 unspecified atom stereocenters. The van der Waals surface area contributed by atoms with Crippen molar-refractivity contribution in [1.82, 2.24) is 0 Å². The van der Waals surface area contributed by atoms with Gasteiger partial charge in [-0.3, -0.25) is 0 Å². The number of halogens is 2. The number of thiophene rings is 1. The van der Waals surface area contributed by atoms with Gasteiger partial charge in [-0.15, -0.1) is 11.3 Å². The summed E-state index contributed by atoms with van der Waals surface area (Å²) < 4.78 is 2.27. The van der Waals surface area contributed by atoms with Crippen molar-refractivity contribution in [2.45, 2.75) is 0 Å². The first-order valence-corrected chi connectivity index (χ1v) is 8.30. The largest absolute Gasteiger partial charge is 0.143 e. The molecule has 0 spiro atoms. The second-order valence-corrected chi connectivity index (χ2v) is 6.78. The van der Waals surface area contributed by atoms with Gasteiger partial charge in [-0.05, 0) is 34.7 Å². The van der Waals surface area contributed by atoms with Gasteiger partial charge in [0, 0.05) is 19.4 Å². The summed E-state index contributed by atoms with van der Waals surface area (Å²) in [5, 5.41) is 2.20. The van der Waals surface area contributed by atoms with Crippen LogP contribution in [0, 0.1) is 0 Å². The molecule has 0 nitrogen and oxygen atoms in total. The van der Waals surface area contributed by atoms with Crippen molar-refractivity contribution in [3.8, 4) is 21.6 Å². The van der Waals surface area contributed by atoms with Crippen LogP contribution in [0.15, 0.2) is 68.9 Å². The zero-order valence-corrected chi connectivity index (χ0v) is 13.9. The van der Waals surface area contributed by atoms with Crippen LogP contribution in [-0.4, -0.2) is 0 Å². The zero-order chi connectivity index (χ0) is 13.2. The van der Waals surface area contributed by atoms with Crippen molar-refractivity contribution in [2.24, 2.45) is 0 Å². The molecule has 1 heterocycles. The Hall–Kier alpha value is -0.900. The smallest absolute Gasteiger partial charge is 0.0360 e. The molecule has 0 aliphatic rings. The second kappa shape index (κ2) is 5.61. The summed E-state index contributed by atoms with van der Waals surface area (Å²) >= 11 is 8.99. The minimum atomic E-state index is 1.13. The molecule has 0 saturated carbocycles. The molecule has 0 bridgehead atoms. The maximum absolute atomic E-state index is 3.61. The molecule has 0 N–H and O–H groups in total. The van der Waals surface area contributed by atoms with E-state index in [4.69, 9.17) is 0 Å². The van der Waals surface area contributed by atoms with Gasteiger partial charge in [0.05, 0.1) is 0 Å². The van der Waals surface area contributed by atoms with Gasteiger partial charge in [0.1, 0.15) is 0 Å². The van der Waals surface area contributed by atoms with E-state index in [-0.39, 0.29) is 0 Å². The van der Waals surface area contributed by atoms with E-state index in [9.17, 15) is 0 Å². The van der Waals surface area contributed by atoms with E-state index in [1.807, 2.05) is 12.1 Å². The van der Waals surface area contributed by atoms with Crippen molar-refractivity contribution in [2.75, 3.05) is 0 Å². The molecular weight excluding hydrogens is 384 g/mol. The Balaban J connectivity index is 2.06. The van der Waals surface area contributed by atoms with Crippen molar-refractivity contribution in [1.29, 1.82) is 0 Å². The molecule has 0 amide bonds. The maximum Gasteiger partial charge on any atom is 0.0360 e. The van der Waals surface area contributed by atoms with Gasteiger partial charge in [-0.2, -0.15) is 0 Å². The molecule has 2 aromatic carbocycles. The van der Waals surface area contributed by atoms with E-state index in [1.165, 1.54) is 21.6 Å². The molecule has 0 atom stereocenters. The summed E-state index contributed by atoms with van der Waals surface area (Å²) in [5.41, 5.74) is 3.73. The predicted octanol–water partition coefficient (Wildman–Crippen LogP) is 6.61. The van der Waals surface area contributed by atoms with Gasteiger partial charge < -0.3 is 0 Å². The first-order chi connectivity index (χ1) is 9.25. The van der Waals surface area contributed by atoms with Gasteiger partial charge in [0.25, 0.3) is 0 Å². The second-order valence-electron chi connectivity index (χ2n) is 4.16. The van der Waals surface area contributed by atoms with Crippen LogP contribution in [0.2, 0.25) is 0 Å². The SMILES string of the molecule is Brc1ccccc1-c1csc(-c2ccccc2Br)c1. The lowest BCUT2D eigenvalue weighted by Gasteiger charge is -2.01. The molecule has 3 rings (SSSR count). The standard InChI is InChI=1S/C16H10Br2S/c17-14-7-3-1-5-12(14)11-9-16(19-10-11)13-6-2-4-8-15(13)18/h1-10H. The Bertz CT molecular complexity index is 656. The monoisotopic (exact) mass is 392 g/mol. The van der Waals surface area contributed by atoms with Crippen LogP contribution in [0.3, 0.4) is 0 Å². The summed E-state index contributed by atoms with van der Waals surface area (Å²) in [6.07, 6.45) is 0. The van der Waals surface area contributed by atoms with E-state index < -0.39 is 0 Å². The predicted molar refractivity (Wildman–Crippen MR) is 90.6 cm³/mol. The van der Waals surface area contributed by atoms with Gasteiger partial charge in [0.15, 0.2) is 0 Å². The van der Waals surface area contributed by atoms with Crippen LogP contribution in [0.1, 0.15) is 0 Å². The Morgan fingerprint density at radius 1 is 0.737 bits per heavy atom. The Kier molecular flexibility index (Phi) is 3.87. The normalized spacial score (nSPS) is 10.6. The van der Waals surface area contributed by atoms with Gasteiger partial charge in [-0.25, -0.2) is 0 Å². The minimum Gasteiger partial charge on any atom is -0.143 e. The third-order valence-electron chi connectivity index (χ3n) is 2.92. The van der Waals surface area contributed by atoms with Crippen LogP contribution < -0.4 is 0 Å². The van der Waals surface area contributed by atoms with E-state index in [2.05, 4.69) is 79.7 Å². The highest BCUT2D eigenvalue weighted by Crippen LogP contribution is 2.38. The average Bonchev–Trinajstić information content (AvgIpc) is 2.89. The van der Waals surface area contributed by atoms with Crippen molar-refractivity contribution in [3.05, 3.63) is 68.9 Å². The van der Waals surface area contributed by atoms with Gasteiger partial charge >= 0.3 is 0 Å². The van der Waals surface area contributed by atoms with Crippen LogP contribution >= 0.6 is 43.2 Å². The maximum atomic E-state index is 3.61. The summed E-state index contributed by atoms with van der Waals surface area (Å²) in [6.45, 7) is 0. The highest BCUT2D eigenvalue weighted by molar-refractivity contribution is 9.11. The number of rotatable bonds is 2. The van der Waals surface area contributed by atoms with Crippen molar-refractivity contribution in [3.63, 3.8) is 0 Å². The molecule has 0 radical (unpaired) electrons. The Morgan fingerprint density at radius 2 is 1.32 bits per heavy atom. The highest BCUT2D eigenvalue weighted by atomic mass is 79.9. The number of benzene rings is 2. The molecule has 0 saturated heterocycles. The molecule has 3 heteroatoms. The zero-order valence-electron chi connectivity index (χ0n) is 9.94. The van der Waals surface area contributed by atoms with Crippen LogP contribution in [0.25, 0.3) is 21.6 Å². The van der Waals surface area contributed by atoms with Gasteiger partial charge in [0.2, 0.25) is 0 Å². The van der Waals surface area contributed by atoms with E-state index in [0.717, 1.165) is 8.95 Å². The van der Waals surface area contributed by atoms with Gasteiger partial charge in [-0.1, -0.05) is 68.3 Å². The van der Waals surface area contributed by atoms with Crippen molar-refractivity contribution >= 4 is 43.2 Å². The summed E-state index contributed by atoms with van der Waals surface area (Å²) in [7, 11) is 0. The summed E-state index contributed by atoms with van der Waals surface area (Å²) in [4.78, 5) is 1.28. The molecule has 0 fully saturated rings. The first-order valence-electron chi connectivity index (χ1n) is 5.84. The van der Waals surface area contributed by atoms with Crippen LogP contribution in [0.5, 0.6) is 0 Å². The lowest BCUT2D eigenvalue weighted by Crippen LogP contribution is -1.76. The molecule has 94 valence electrons. The van der Waals surface area contributed by atoms with E-state index >= 15 is 0 Å².